The van der Waals surface area contributed by atoms with Crippen molar-refractivity contribution in [2.24, 2.45) is 0 Å². The van der Waals surface area contributed by atoms with Crippen LogP contribution in [-0.4, -0.2) is 5.33 Å². The maximum atomic E-state index is 13.3. The molecule has 0 aliphatic heterocycles. The van der Waals surface area contributed by atoms with E-state index < -0.39 is 0 Å². The summed E-state index contributed by atoms with van der Waals surface area (Å²) >= 11 is 5.34. The van der Waals surface area contributed by atoms with Crippen LogP contribution >= 0.6 is 27.3 Å². The SMILES string of the molecule is CCCCC(CCBr)c1sc2cc(F)ccc2c1C. The molecule has 0 spiro atoms. The first-order valence-electron chi connectivity index (χ1n) is 6.91. The summed E-state index contributed by atoms with van der Waals surface area (Å²) in [6.07, 6.45) is 4.89. The minimum atomic E-state index is -0.133. The minimum absolute atomic E-state index is 0.133. The van der Waals surface area contributed by atoms with E-state index in [1.807, 2.05) is 6.07 Å². The second-order valence-electron chi connectivity index (χ2n) is 5.05. The fraction of sp³-hybridized carbons (Fsp3) is 0.500. The van der Waals surface area contributed by atoms with Gasteiger partial charge >= 0.3 is 0 Å². The molecular formula is C16H20BrFS. The van der Waals surface area contributed by atoms with Gasteiger partial charge in [-0.1, -0.05) is 41.8 Å². The van der Waals surface area contributed by atoms with Gasteiger partial charge < -0.3 is 0 Å². The second-order valence-corrected chi connectivity index (χ2v) is 6.93. The molecule has 0 amide bonds. The number of fused-ring (bicyclic) bond motifs is 1. The van der Waals surface area contributed by atoms with Gasteiger partial charge in [0.1, 0.15) is 5.82 Å². The second kappa shape index (κ2) is 6.85. The summed E-state index contributed by atoms with van der Waals surface area (Å²) in [4.78, 5) is 1.45. The van der Waals surface area contributed by atoms with Gasteiger partial charge in [-0.05, 0) is 48.8 Å². The van der Waals surface area contributed by atoms with Crippen LogP contribution in [0.15, 0.2) is 18.2 Å². The Balaban J connectivity index is 2.38. The highest BCUT2D eigenvalue weighted by atomic mass is 79.9. The summed E-state index contributed by atoms with van der Waals surface area (Å²) in [5.41, 5.74) is 1.35. The fourth-order valence-corrected chi connectivity index (χ4v) is 4.55. The lowest BCUT2D eigenvalue weighted by atomic mass is 9.94. The zero-order valence-corrected chi connectivity index (χ0v) is 13.9. The first kappa shape index (κ1) is 15.0. The lowest BCUT2D eigenvalue weighted by Gasteiger charge is -2.14. The molecule has 0 radical (unpaired) electrons. The number of aryl methyl sites for hydroxylation is 1. The van der Waals surface area contributed by atoms with E-state index in [2.05, 4.69) is 29.8 Å². The Morgan fingerprint density at radius 3 is 2.79 bits per heavy atom. The molecule has 0 bridgehead atoms. The van der Waals surface area contributed by atoms with Gasteiger partial charge in [0.2, 0.25) is 0 Å². The van der Waals surface area contributed by atoms with E-state index in [0.29, 0.717) is 5.92 Å². The zero-order chi connectivity index (χ0) is 13.8. The molecular weight excluding hydrogens is 323 g/mol. The summed E-state index contributed by atoms with van der Waals surface area (Å²) in [5.74, 6) is 0.477. The van der Waals surface area contributed by atoms with Crippen molar-refractivity contribution in [1.29, 1.82) is 0 Å². The van der Waals surface area contributed by atoms with E-state index >= 15 is 0 Å². The van der Waals surface area contributed by atoms with Crippen LogP contribution in [0.5, 0.6) is 0 Å². The Morgan fingerprint density at radius 1 is 1.32 bits per heavy atom. The maximum absolute atomic E-state index is 13.3. The first-order chi connectivity index (χ1) is 9.17. The Morgan fingerprint density at radius 2 is 2.11 bits per heavy atom. The first-order valence-corrected chi connectivity index (χ1v) is 8.85. The lowest BCUT2D eigenvalue weighted by Crippen LogP contribution is -1.99. The van der Waals surface area contributed by atoms with E-state index in [-0.39, 0.29) is 5.82 Å². The highest BCUT2D eigenvalue weighted by molar-refractivity contribution is 9.09. The predicted molar refractivity (Wildman–Crippen MR) is 87.2 cm³/mol. The molecule has 1 aromatic heterocycles. The van der Waals surface area contributed by atoms with Gasteiger partial charge in [-0.15, -0.1) is 11.3 Å². The van der Waals surface area contributed by atoms with E-state index in [9.17, 15) is 4.39 Å². The van der Waals surface area contributed by atoms with Crippen molar-refractivity contribution in [3.05, 3.63) is 34.5 Å². The Hall–Kier alpha value is -0.410. The molecule has 19 heavy (non-hydrogen) atoms. The van der Waals surface area contributed by atoms with Crippen LogP contribution in [-0.2, 0) is 0 Å². The molecule has 1 heterocycles. The standard InChI is InChI=1S/C16H20BrFS/c1-3-4-5-12(8-9-17)16-11(2)14-7-6-13(18)10-15(14)19-16/h6-7,10,12H,3-5,8-9H2,1-2H3. The topological polar surface area (TPSA) is 0 Å². The number of hydrogen-bond donors (Lipinski definition) is 0. The highest BCUT2D eigenvalue weighted by Gasteiger charge is 2.17. The van der Waals surface area contributed by atoms with Crippen molar-refractivity contribution < 1.29 is 4.39 Å². The van der Waals surface area contributed by atoms with Crippen molar-refractivity contribution in [3.8, 4) is 0 Å². The number of thiophene rings is 1. The van der Waals surface area contributed by atoms with E-state index in [1.165, 1.54) is 35.1 Å². The maximum Gasteiger partial charge on any atom is 0.124 e. The Labute approximate surface area is 127 Å². The summed E-state index contributed by atoms with van der Waals surface area (Å²) in [5, 5.41) is 2.25. The molecule has 0 N–H and O–H groups in total. The monoisotopic (exact) mass is 342 g/mol. The molecule has 1 atom stereocenters. The van der Waals surface area contributed by atoms with Crippen LogP contribution in [0, 0.1) is 12.7 Å². The third-order valence-electron chi connectivity index (χ3n) is 3.67. The van der Waals surface area contributed by atoms with Gasteiger partial charge in [0.05, 0.1) is 0 Å². The van der Waals surface area contributed by atoms with Crippen molar-refractivity contribution in [1.82, 2.24) is 0 Å². The van der Waals surface area contributed by atoms with E-state index in [1.54, 1.807) is 23.5 Å². The summed E-state index contributed by atoms with van der Waals surface area (Å²) < 4.78 is 14.4. The zero-order valence-electron chi connectivity index (χ0n) is 11.5. The summed E-state index contributed by atoms with van der Waals surface area (Å²) in [7, 11) is 0. The van der Waals surface area contributed by atoms with Crippen molar-refractivity contribution in [2.45, 2.75) is 45.4 Å². The largest absolute Gasteiger partial charge is 0.207 e. The number of rotatable bonds is 6. The number of unbranched alkanes of at least 4 members (excludes halogenated alkanes) is 1. The van der Waals surface area contributed by atoms with E-state index in [4.69, 9.17) is 0 Å². The van der Waals surface area contributed by atoms with Crippen LogP contribution in [0.1, 0.15) is 49.0 Å². The molecule has 104 valence electrons. The summed E-state index contributed by atoms with van der Waals surface area (Å²) in [6.45, 7) is 4.41. The van der Waals surface area contributed by atoms with Gasteiger partial charge in [-0.25, -0.2) is 4.39 Å². The molecule has 1 unspecified atom stereocenters. The minimum Gasteiger partial charge on any atom is -0.207 e. The van der Waals surface area contributed by atoms with Crippen LogP contribution in [0.25, 0.3) is 10.1 Å². The lowest BCUT2D eigenvalue weighted by molar-refractivity contribution is 0.580. The average molecular weight is 343 g/mol. The quantitative estimate of drug-likeness (QED) is 0.532. The third kappa shape index (κ3) is 3.38. The number of hydrogen-bond acceptors (Lipinski definition) is 1. The highest BCUT2D eigenvalue weighted by Crippen LogP contribution is 2.39. The number of benzene rings is 1. The molecule has 0 fully saturated rings. The van der Waals surface area contributed by atoms with Gasteiger partial charge in [0.25, 0.3) is 0 Å². The molecule has 1 aromatic carbocycles. The Kier molecular flexibility index (Phi) is 5.40. The predicted octanol–water partition coefficient (Wildman–Crippen LogP) is 6.41. The Bertz CT molecular complexity index is 547. The van der Waals surface area contributed by atoms with Gasteiger partial charge in [-0.3, -0.25) is 0 Å². The number of alkyl halides is 1. The smallest absolute Gasteiger partial charge is 0.124 e. The molecule has 0 saturated carbocycles. The van der Waals surface area contributed by atoms with E-state index in [0.717, 1.165) is 16.5 Å². The van der Waals surface area contributed by atoms with Crippen molar-refractivity contribution in [3.63, 3.8) is 0 Å². The molecule has 2 rings (SSSR count). The van der Waals surface area contributed by atoms with Crippen LogP contribution in [0.2, 0.25) is 0 Å². The van der Waals surface area contributed by atoms with Crippen LogP contribution in [0.4, 0.5) is 4.39 Å². The molecule has 0 saturated heterocycles. The van der Waals surface area contributed by atoms with Gasteiger partial charge in [0.15, 0.2) is 0 Å². The molecule has 0 nitrogen and oxygen atoms in total. The van der Waals surface area contributed by atoms with Crippen LogP contribution < -0.4 is 0 Å². The molecule has 2 aromatic rings. The summed E-state index contributed by atoms with van der Waals surface area (Å²) in [6, 6.07) is 5.16. The normalized spacial score (nSPS) is 13.1. The van der Waals surface area contributed by atoms with Crippen molar-refractivity contribution in [2.75, 3.05) is 5.33 Å². The number of halogens is 2. The van der Waals surface area contributed by atoms with Gasteiger partial charge in [0, 0.05) is 14.9 Å². The molecule has 3 heteroatoms. The molecule has 0 aliphatic rings. The fourth-order valence-electron chi connectivity index (χ4n) is 2.60. The van der Waals surface area contributed by atoms with Crippen molar-refractivity contribution >= 4 is 37.4 Å². The average Bonchev–Trinajstić information content (AvgIpc) is 2.71. The van der Waals surface area contributed by atoms with Gasteiger partial charge in [-0.2, -0.15) is 0 Å². The van der Waals surface area contributed by atoms with Crippen LogP contribution in [0.3, 0.4) is 0 Å². The molecule has 0 aliphatic carbocycles. The third-order valence-corrected chi connectivity index (χ3v) is 5.55.